The van der Waals surface area contributed by atoms with E-state index in [1.807, 2.05) is 50.2 Å². The molecule has 0 bridgehead atoms. The van der Waals surface area contributed by atoms with Crippen molar-refractivity contribution in [3.8, 4) is 5.75 Å². The number of likely N-dealkylation sites (N-methyl/N-ethyl adjacent to an activating group) is 1. The molecule has 3 aromatic rings. The van der Waals surface area contributed by atoms with Crippen molar-refractivity contribution in [3.63, 3.8) is 0 Å². The molecule has 2 aromatic carbocycles. The minimum Gasteiger partial charge on any atom is -0.410 e. The number of aliphatic hydroxyl groups is 1. The number of fused-ring (bicyclic) bond motifs is 2. The van der Waals surface area contributed by atoms with E-state index in [-0.39, 0.29) is 37.6 Å². The molecule has 2 heterocycles. The molecule has 0 saturated carbocycles. The second-order valence-corrected chi connectivity index (χ2v) is 9.68. The minimum atomic E-state index is -0.498. The number of hydrogen-bond acceptors (Lipinski definition) is 7. The third kappa shape index (κ3) is 6.44. The van der Waals surface area contributed by atoms with Crippen LogP contribution in [-0.2, 0) is 22.7 Å². The number of rotatable bonds is 5. The van der Waals surface area contributed by atoms with Crippen LogP contribution in [0.25, 0.3) is 10.8 Å². The van der Waals surface area contributed by atoms with Gasteiger partial charge >= 0.3 is 6.09 Å². The first-order valence-electron chi connectivity index (χ1n) is 12.7. The van der Waals surface area contributed by atoms with Crippen molar-refractivity contribution in [1.29, 1.82) is 0 Å². The number of benzene rings is 2. The summed E-state index contributed by atoms with van der Waals surface area (Å²) in [6.07, 6.45) is 1.72. The molecule has 198 valence electrons. The smallest absolute Gasteiger partial charge is 0.410 e. The summed E-state index contributed by atoms with van der Waals surface area (Å²) in [5.74, 6) is 0.332. The number of aliphatic hydroxyl groups excluding tert-OH is 1. The normalized spacial score (nSPS) is 20.0. The maximum atomic E-state index is 13.1. The van der Waals surface area contributed by atoms with Crippen molar-refractivity contribution in [1.82, 2.24) is 24.8 Å². The van der Waals surface area contributed by atoms with E-state index in [1.165, 1.54) is 4.90 Å². The molecule has 0 spiro atoms. The highest BCUT2D eigenvalue weighted by atomic mass is 16.6. The van der Waals surface area contributed by atoms with Crippen LogP contribution in [0.2, 0.25) is 0 Å². The highest BCUT2D eigenvalue weighted by Gasteiger charge is 2.29. The van der Waals surface area contributed by atoms with Gasteiger partial charge in [0.1, 0.15) is 5.75 Å². The Morgan fingerprint density at radius 2 is 2.05 bits per heavy atom. The van der Waals surface area contributed by atoms with E-state index in [0.717, 1.165) is 16.5 Å². The van der Waals surface area contributed by atoms with Crippen LogP contribution in [0.1, 0.15) is 32.4 Å². The van der Waals surface area contributed by atoms with Crippen molar-refractivity contribution in [2.24, 2.45) is 5.92 Å². The van der Waals surface area contributed by atoms with Crippen LogP contribution < -0.4 is 4.74 Å². The molecule has 0 fully saturated rings. The molecule has 0 aliphatic carbocycles. The van der Waals surface area contributed by atoms with Crippen molar-refractivity contribution >= 4 is 22.8 Å². The minimum absolute atomic E-state index is 0.0295. The fraction of sp³-hybridized carbons (Fsp3) is 0.481. The van der Waals surface area contributed by atoms with Crippen LogP contribution in [0.15, 0.2) is 48.7 Å². The Bertz CT molecular complexity index is 1210. The number of hydrogen-bond donors (Lipinski definition) is 1. The van der Waals surface area contributed by atoms with E-state index in [2.05, 4.69) is 10.3 Å². The first-order valence-corrected chi connectivity index (χ1v) is 12.7. The van der Waals surface area contributed by atoms with Gasteiger partial charge in [-0.2, -0.15) is 0 Å². The van der Waals surface area contributed by atoms with Crippen LogP contribution >= 0.6 is 0 Å². The topological polar surface area (TPSA) is 110 Å². The molecule has 0 unspecified atom stereocenters. The van der Waals surface area contributed by atoms with Crippen molar-refractivity contribution in [3.05, 3.63) is 54.4 Å². The maximum absolute atomic E-state index is 13.1. The second-order valence-electron chi connectivity index (χ2n) is 9.68. The van der Waals surface area contributed by atoms with Crippen LogP contribution in [0.5, 0.6) is 5.75 Å². The molecule has 3 atom stereocenters. The highest BCUT2D eigenvalue weighted by molar-refractivity contribution is 5.90. The van der Waals surface area contributed by atoms with E-state index in [9.17, 15) is 14.7 Å². The van der Waals surface area contributed by atoms with Gasteiger partial charge in [-0.25, -0.2) is 9.48 Å². The van der Waals surface area contributed by atoms with Crippen molar-refractivity contribution in [2.75, 3.05) is 26.7 Å². The summed E-state index contributed by atoms with van der Waals surface area (Å²) in [5.41, 5.74) is 0.812. The fourth-order valence-corrected chi connectivity index (χ4v) is 4.55. The van der Waals surface area contributed by atoms with Gasteiger partial charge in [-0.05, 0) is 24.8 Å². The van der Waals surface area contributed by atoms with E-state index in [0.29, 0.717) is 31.7 Å². The predicted molar refractivity (Wildman–Crippen MR) is 138 cm³/mol. The lowest BCUT2D eigenvalue weighted by Gasteiger charge is -2.35. The van der Waals surface area contributed by atoms with Crippen LogP contribution in [-0.4, -0.2) is 80.8 Å². The summed E-state index contributed by atoms with van der Waals surface area (Å²) in [5, 5.41) is 19.7. The first-order chi connectivity index (χ1) is 17.9. The zero-order chi connectivity index (χ0) is 26.4. The number of aromatic nitrogens is 3. The number of nitrogens with zero attached hydrogens (tertiary/aromatic N) is 5. The molecule has 10 heteroatoms. The molecule has 0 saturated heterocycles. The standard InChI is InChI=1S/C27H35N5O5/c1-19-15-31(20(2)17-33)26(34)12-7-13-32-22(14-28-29-32)18-36-25(19)16-30(3)27(35)37-24-11-6-9-21-8-4-5-10-23(21)24/h4-6,8-11,14,19-20,25,33H,7,12-13,15-18H2,1-3H3/t19-,20+,25-/m0/s1. The Hall–Kier alpha value is -3.50. The lowest BCUT2D eigenvalue weighted by molar-refractivity contribution is -0.136. The molecular formula is C27H35N5O5. The fourth-order valence-electron chi connectivity index (χ4n) is 4.55. The molecule has 2 amide bonds. The average Bonchev–Trinajstić information content (AvgIpc) is 3.35. The molecule has 1 N–H and O–H groups in total. The van der Waals surface area contributed by atoms with Crippen LogP contribution in [0, 0.1) is 5.92 Å². The Kier molecular flexibility index (Phi) is 8.73. The molecule has 1 aliphatic heterocycles. The number of carbonyl (C=O) groups is 2. The van der Waals surface area contributed by atoms with E-state index in [1.54, 1.807) is 28.9 Å². The van der Waals surface area contributed by atoms with Gasteiger partial charge in [-0.1, -0.05) is 48.5 Å². The molecular weight excluding hydrogens is 474 g/mol. The van der Waals surface area contributed by atoms with Gasteiger partial charge in [0.25, 0.3) is 0 Å². The van der Waals surface area contributed by atoms with Crippen LogP contribution in [0.4, 0.5) is 4.79 Å². The third-order valence-corrected chi connectivity index (χ3v) is 6.85. The Labute approximate surface area is 216 Å². The quantitative estimate of drug-likeness (QED) is 0.563. The van der Waals surface area contributed by atoms with Gasteiger partial charge in [0.15, 0.2) is 0 Å². The predicted octanol–water partition coefficient (Wildman–Crippen LogP) is 3.09. The summed E-state index contributed by atoms with van der Waals surface area (Å²) < 4.78 is 13.8. The Morgan fingerprint density at radius 3 is 2.86 bits per heavy atom. The summed E-state index contributed by atoms with van der Waals surface area (Å²) in [4.78, 5) is 29.3. The number of amides is 2. The van der Waals surface area contributed by atoms with E-state index >= 15 is 0 Å². The van der Waals surface area contributed by atoms with Gasteiger partial charge in [-0.15, -0.1) is 5.10 Å². The number of ether oxygens (including phenoxy) is 2. The molecule has 37 heavy (non-hydrogen) atoms. The SMILES string of the molecule is C[C@H](CO)N1C[C@H](C)[C@H](CN(C)C(=O)Oc2cccc3ccccc23)OCc2cnnn2CCCC1=O. The number of carbonyl (C=O) groups excluding carboxylic acids is 2. The summed E-state index contributed by atoms with van der Waals surface area (Å²) >= 11 is 0. The number of aryl methyl sites for hydroxylation is 1. The molecule has 1 aromatic heterocycles. The van der Waals surface area contributed by atoms with Gasteiger partial charge < -0.3 is 24.4 Å². The van der Waals surface area contributed by atoms with Gasteiger partial charge in [0, 0.05) is 37.9 Å². The van der Waals surface area contributed by atoms with Gasteiger partial charge in [0.05, 0.1) is 43.8 Å². The second kappa shape index (κ2) is 12.2. The Balaban J connectivity index is 1.52. The van der Waals surface area contributed by atoms with E-state index < -0.39 is 12.2 Å². The molecule has 1 aliphatic rings. The van der Waals surface area contributed by atoms with Crippen molar-refractivity contribution < 1.29 is 24.2 Å². The van der Waals surface area contributed by atoms with Crippen LogP contribution in [0.3, 0.4) is 0 Å². The first kappa shape index (κ1) is 26.6. The summed E-state index contributed by atoms with van der Waals surface area (Å²) in [7, 11) is 1.67. The molecule has 0 radical (unpaired) electrons. The lowest BCUT2D eigenvalue weighted by Crippen LogP contribution is -2.48. The monoisotopic (exact) mass is 509 g/mol. The molecule has 4 rings (SSSR count). The van der Waals surface area contributed by atoms with E-state index in [4.69, 9.17) is 9.47 Å². The summed E-state index contributed by atoms with van der Waals surface area (Å²) in [6.45, 7) is 5.15. The average molecular weight is 510 g/mol. The largest absolute Gasteiger partial charge is 0.415 e. The van der Waals surface area contributed by atoms with Crippen molar-refractivity contribution in [2.45, 2.75) is 52.0 Å². The lowest BCUT2D eigenvalue weighted by atomic mass is 10.0. The zero-order valence-corrected chi connectivity index (χ0v) is 21.6. The maximum Gasteiger partial charge on any atom is 0.415 e. The third-order valence-electron chi connectivity index (χ3n) is 6.85. The molecule has 10 nitrogen and oxygen atoms in total. The van der Waals surface area contributed by atoms with Gasteiger partial charge in [-0.3, -0.25) is 4.79 Å². The Morgan fingerprint density at radius 1 is 1.27 bits per heavy atom. The zero-order valence-electron chi connectivity index (χ0n) is 21.6. The summed E-state index contributed by atoms with van der Waals surface area (Å²) in [6, 6.07) is 13.0. The van der Waals surface area contributed by atoms with Gasteiger partial charge in [0.2, 0.25) is 5.91 Å². The highest BCUT2D eigenvalue weighted by Crippen LogP contribution is 2.26.